The molecule has 1 fully saturated rings. The number of hydrogen-bond acceptors (Lipinski definition) is 8. The normalized spacial score (nSPS) is 17.2. The molecule has 0 radical (unpaired) electrons. The third kappa shape index (κ3) is 5.19. The van der Waals surface area contributed by atoms with Crippen LogP contribution in [0.15, 0.2) is 55.8 Å². The van der Waals surface area contributed by atoms with Crippen LogP contribution in [0.5, 0.6) is 0 Å². The van der Waals surface area contributed by atoms with E-state index in [0.717, 1.165) is 5.52 Å². The molecule has 1 aliphatic heterocycles. The number of amides is 2. The molecule has 4 aromatic heterocycles. The number of aromatic nitrogens is 5. The molecule has 0 saturated carbocycles. The largest absolute Gasteiger partial charge is 0.353 e. The van der Waals surface area contributed by atoms with E-state index in [2.05, 4.69) is 37.1 Å². The molecular weight excluding hydrogens is 495 g/mol. The zero-order chi connectivity index (χ0) is 25.9. The van der Waals surface area contributed by atoms with E-state index >= 15 is 0 Å². The predicted molar refractivity (Wildman–Crippen MR) is 139 cm³/mol. The highest BCUT2D eigenvalue weighted by Crippen LogP contribution is 2.31. The molecule has 0 aliphatic carbocycles. The van der Waals surface area contributed by atoms with Crippen molar-refractivity contribution in [2.75, 3.05) is 18.4 Å². The number of carbonyl (C=O) groups is 2. The minimum atomic E-state index is -0.484. The molecule has 37 heavy (non-hydrogen) atoms. The maximum absolute atomic E-state index is 14.0. The molecule has 1 saturated heterocycles. The summed E-state index contributed by atoms with van der Waals surface area (Å²) in [6.45, 7) is 6.98. The molecule has 5 heterocycles. The molecule has 0 unspecified atom stereocenters. The van der Waals surface area contributed by atoms with Gasteiger partial charge in [-0.05, 0) is 30.5 Å². The van der Waals surface area contributed by atoms with Crippen LogP contribution in [-0.2, 0) is 16.1 Å². The van der Waals surface area contributed by atoms with Gasteiger partial charge in [-0.25, -0.2) is 19.3 Å². The number of halogens is 1. The third-order valence-electron chi connectivity index (χ3n) is 6.16. The second-order valence-electron chi connectivity index (χ2n) is 8.83. The maximum Gasteiger partial charge on any atom is 0.246 e. The average molecular weight is 521 g/mol. The number of likely N-dealkylation sites (tertiary alicyclic amines) is 1. The van der Waals surface area contributed by atoms with Gasteiger partial charge in [0.25, 0.3) is 0 Å². The Bertz CT molecular complexity index is 1470. The summed E-state index contributed by atoms with van der Waals surface area (Å²) in [7, 11) is 0. The Morgan fingerprint density at radius 3 is 2.95 bits per heavy atom. The van der Waals surface area contributed by atoms with Crippen molar-refractivity contribution in [3.8, 4) is 10.6 Å². The number of hydrogen-bond donors (Lipinski definition) is 2. The van der Waals surface area contributed by atoms with Crippen LogP contribution in [0.2, 0.25) is 0 Å². The number of carbonyl (C=O) groups excluding carboxylic acids is 2. The smallest absolute Gasteiger partial charge is 0.246 e. The Morgan fingerprint density at radius 1 is 1.27 bits per heavy atom. The standard InChI is InChI=1S/C25H25FN8O2S/c1-3-22(35)34-13-15(2)9-19(34)24(36)28-7-8-33-14-31-17-11-29-21(10-18(17)33)32-25-30-12-20(37-25)23-16(26)5-4-6-27-23/h3-6,10-12,14-15,19H,1,7-9,13H2,2H3,(H,28,36)(H,29,30,32)/t15-,19+/m0/s1. The zero-order valence-electron chi connectivity index (χ0n) is 20.1. The number of thiazole rings is 1. The number of anilines is 2. The van der Waals surface area contributed by atoms with Crippen LogP contribution in [0.25, 0.3) is 21.6 Å². The quantitative estimate of drug-likeness (QED) is 0.342. The van der Waals surface area contributed by atoms with E-state index in [0.29, 0.717) is 47.4 Å². The Kier molecular flexibility index (Phi) is 6.91. The van der Waals surface area contributed by atoms with Gasteiger partial charge in [-0.1, -0.05) is 24.8 Å². The number of fused-ring (bicyclic) bond motifs is 1. The summed E-state index contributed by atoms with van der Waals surface area (Å²) >= 11 is 1.27. The van der Waals surface area contributed by atoms with Crippen LogP contribution in [-0.4, -0.2) is 60.3 Å². The summed E-state index contributed by atoms with van der Waals surface area (Å²) in [5.74, 6) is 0.00881. The summed E-state index contributed by atoms with van der Waals surface area (Å²) in [6.07, 6.45) is 8.33. The lowest BCUT2D eigenvalue weighted by molar-refractivity contribution is -0.135. The van der Waals surface area contributed by atoms with Gasteiger partial charge < -0.3 is 20.1 Å². The van der Waals surface area contributed by atoms with E-state index in [4.69, 9.17) is 0 Å². The highest BCUT2D eigenvalue weighted by Gasteiger charge is 2.36. The highest BCUT2D eigenvalue weighted by atomic mass is 32.1. The molecule has 0 aromatic carbocycles. The summed E-state index contributed by atoms with van der Waals surface area (Å²) in [4.78, 5) is 44.3. The molecule has 2 amide bonds. The van der Waals surface area contributed by atoms with Crippen LogP contribution >= 0.6 is 11.3 Å². The van der Waals surface area contributed by atoms with Gasteiger partial charge in [-0.15, -0.1) is 0 Å². The summed E-state index contributed by atoms with van der Waals surface area (Å²) in [5.41, 5.74) is 1.79. The minimum Gasteiger partial charge on any atom is -0.353 e. The summed E-state index contributed by atoms with van der Waals surface area (Å²) < 4.78 is 16.0. The van der Waals surface area contributed by atoms with Crippen molar-refractivity contribution in [2.45, 2.75) is 25.9 Å². The molecule has 5 rings (SSSR count). The van der Waals surface area contributed by atoms with E-state index in [1.807, 2.05) is 17.6 Å². The van der Waals surface area contributed by atoms with Crippen LogP contribution in [0.3, 0.4) is 0 Å². The second kappa shape index (κ2) is 10.4. The van der Waals surface area contributed by atoms with Crippen LogP contribution in [0.4, 0.5) is 15.3 Å². The Morgan fingerprint density at radius 2 is 2.14 bits per heavy atom. The molecule has 12 heteroatoms. The predicted octanol–water partition coefficient (Wildman–Crippen LogP) is 3.37. The number of pyridine rings is 2. The fraction of sp³-hybridized carbons (Fsp3) is 0.280. The monoisotopic (exact) mass is 520 g/mol. The van der Waals surface area contributed by atoms with E-state index < -0.39 is 11.9 Å². The molecule has 190 valence electrons. The van der Waals surface area contributed by atoms with Gasteiger partial charge in [-0.3, -0.25) is 14.6 Å². The third-order valence-corrected chi connectivity index (χ3v) is 7.08. The first kappa shape index (κ1) is 24.5. The number of nitrogens with zero attached hydrogens (tertiary/aromatic N) is 6. The second-order valence-corrected chi connectivity index (χ2v) is 9.86. The van der Waals surface area contributed by atoms with Crippen molar-refractivity contribution >= 4 is 45.1 Å². The van der Waals surface area contributed by atoms with Crippen LogP contribution in [0.1, 0.15) is 13.3 Å². The SMILES string of the molecule is C=CC(=O)N1C[C@@H](C)C[C@@H]1C(=O)NCCn1cnc2cnc(Nc3ncc(-c4ncccc4F)s3)cc21. The Hall–Kier alpha value is -4.19. The van der Waals surface area contributed by atoms with Gasteiger partial charge in [0.05, 0.1) is 22.9 Å². The molecule has 0 bridgehead atoms. The summed E-state index contributed by atoms with van der Waals surface area (Å²) in [5, 5.41) is 6.64. The first-order valence-corrected chi connectivity index (χ1v) is 12.6. The summed E-state index contributed by atoms with van der Waals surface area (Å²) in [6, 6.07) is 4.26. The van der Waals surface area contributed by atoms with Gasteiger partial charge in [0.15, 0.2) is 5.13 Å². The van der Waals surface area contributed by atoms with Crippen LogP contribution in [0, 0.1) is 11.7 Å². The van der Waals surface area contributed by atoms with Gasteiger partial charge in [-0.2, -0.15) is 0 Å². The van der Waals surface area contributed by atoms with Crippen LogP contribution < -0.4 is 10.6 Å². The van der Waals surface area contributed by atoms with E-state index in [-0.39, 0.29) is 23.4 Å². The topological polar surface area (TPSA) is 118 Å². The first-order chi connectivity index (χ1) is 17.9. The average Bonchev–Trinajstić information content (AvgIpc) is 3.62. The molecule has 10 nitrogen and oxygen atoms in total. The van der Waals surface area contributed by atoms with Gasteiger partial charge in [0, 0.05) is 38.1 Å². The Balaban J connectivity index is 1.24. The van der Waals surface area contributed by atoms with Gasteiger partial charge >= 0.3 is 0 Å². The molecule has 4 aromatic rings. The van der Waals surface area contributed by atoms with E-state index in [9.17, 15) is 14.0 Å². The lowest BCUT2D eigenvalue weighted by Gasteiger charge is -2.22. The van der Waals surface area contributed by atoms with Crippen molar-refractivity contribution in [1.29, 1.82) is 0 Å². The molecule has 0 spiro atoms. The van der Waals surface area contributed by atoms with Gasteiger partial charge in [0.1, 0.15) is 28.9 Å². The van der Waals surface area contributed by atoms with E-state index in [1.165, 1.54) is 29.7 Å². The lowest BCUT2D eigenvalue weighted by Crippen LogP contribution is -2.46. The van der Waals surface area contributed by atoms with Gasteiger partial charge in [0.2, 0.25) is 11.8 Å². The number of rotatable bonds is 8. The lowest BCUT2D eigenvalue weighted by atomic mass is 10.1. The van der Waals surface area contributed by atoms with E-state index in [1.54, 1.807) is 29.7 Å². The highest BCUT2D eigenvalue weighted by molar-refractivity contribution is 7.18. The Labute approximate surface area is 216 Å². The van der Waals surface area contributed by atoms with Crippen molar-refractivity contribution < 1.29 is 14.0 Å². The fourth-order valence-corrected chi connectivity index (χ4v) is 5.22. The molecule has 2 atom stereocenters. The fourth-order valence-electron chi connectivity index (χ4n) is 4.40. The molecule has 1 aliphatic rings. The minimum absolute atomic E-state index is 0.170. The zero-order valence-corrected chi connectivity index (χ0v) is 20.9. The van der Waals surface area contributed by atoms with Crippen molar-refractivity contribution in [3.05, 3.63) is 61.6 Å². The van der Waals surface area contributed by atoms with Crippen molar-refractivity contribution in [2.24, 2.45) is 5.92 Å². The molecular formula is C25H25FN8O2S. The number of imidazole rings is 1. The molecule has 2 N–H and O–H groups in total. The maximum atomic E-state index is 14.0. The van der Waals surface area contributed by atoms with Crippen molar-refractivity contribution in [1.82, 2.24) is 34.7 Å². The first-order valence-electron chi connectivity index (χ1n) is 11.8. The van der Waals surface area contributed by atoms with Crippen molar-refractivity contribution in [3.63, 3.8) is 0 Å². The number of nitrogens with one attached hydrogen (secondary N) is 2.